The van der Waals surface area contributed by atoms with Gasteiger partial charge in [-0.1, -0.05) is 23.8 Å². The van der Waals surface area contributed by atoms with Gasteiger partial charge in [-0.05, 0) is 19.9 Å². The quantitative estimate of drug-likeness (QED) is 0.619. The number of nitrogens with zero attached hydrogens (tertiary/aromatic N) is 1. The van der Waals surface area contributed by atoms with Crippen molar-refractivity contribution in [3.8, 4) is 11.3 Å². The maximum absolute atomic E-state index is 11.6. The van der Waals surface area contributed by atoms with Gasteiger partial charge >= 0.3 is 0 Å². The third-order valence-corrected chi connectivity index (χ3v) is 2.68. The van der Waals surface area contributed by atoms with Crippen molar-refractivity contribution < 1.29 is 0 Å². The van der Waals surface area contributed by atoms with E-state index in [-0.39, 0.29) is 5.56 Å². The summed E-state index contributed by atoms with van der Waals surface area (Å²) in [5.41, 5.74) is 4.18. The van der Waals surface area contributed by atoms with Gasteiger partial charge in [0.2, 0.25) is 0 Å². The maximum atomic E-state index is 11.6. The molecule has 0 aromatic heterocycles. The molecule has 2 rings (SSSR count). The average Bonchev–Trinajstić information content (AvgIpc) is 2.34. The summed E-state index contributed by atoms with van der Waals surface area (Å²) < 4.78 is 1.70. The van der Waals surface area contributed by atoms with Crippen molar-refractivity contribution in [3.05, 3.63) is 45.7 Å². The summed E-state index contributed by atoms with van der Waals surface area (Å²) in [6.07, 6.45) is 0. The minimum absolute atomic E-state index is 0.101. The largest absolute Gasteiger partial charge is 0.311 e. The molecule has 0 atom stereocenters. The van der Waals surface area contributed by atoms with Crippen LogP contribution in [0.15, 0.2) is 29.1 Å². The molecule has 0 bridgehead atoms. The highest BCUT2D eigenvalue weighted by molar-refractivity contribution is 5.65. The highest BCUT2D eigenvalue weighted by atomic mass is 16.1. The van der Waals surface area contributed by atoms with Gasteiger partial charge in [-0.25, -0.2) is 0 Å². The van der Waals surface area contributed by atoms with Crippen molar-refractivity contribution >= 4 is 0 Å². The smallest absolute Gasteiger partial charge is 0.254 e. The zero-order valence-electron chi connectivity index (χ0n) is 8.66. The molecular formula is C12H13NO. The van der Waals surface area contributed by atoms with Crippen molar-refractivity contribution in [1.29, 1.82) is 0 Å². The molecule has 2 aliphatic rings. The predicted octanol–water partition coefficient (Wildman–Crippen LogP) is 2.11. The Bertz CT molecular complexity index is 468. The fourth-order valence-corrected chi connectivity index (χ4v) is 1.74. The van der Waals surface area contributed by atoms with Crippen LogP contribution in [-0.4, -0.2) is 4.57 Å². The minimum atomic E-state index is 0.101. The van der Waals surface area contributed by atoms with Crippen molar-refractivity contribution in [1.82, 2.24) is 4.57 Å². The molecule has 0 saturated carbocycles. The monoisotopic (exact) mass is 187 g/mol. The molecule has 0 N–H and O–H groups in total. The first-order valence-electron chi connectivity index (χ1n) is 4.67. The average molecular weight is 187 g/mol. The molecule has 0 fully saturated rings. The van der Waals surface area contributed by atoms with Gasteiger partial charge in [0.15, 0.2) is 0 Å². The first-order valence-corrected chi connectivity index (χ1v) is 4.67. The van der Waals surface area contributed by atoms with E-state index in [1.807, 2.05) is 45.2 Å². The Morgan fingerprint density at radius 3 is 2.43 bits per heavy atom. The summed E-state index contributed by atoms with van der Waals surface area (Å²) in [7, 11) is 1.81. The first kappa shape index (κ1) is 9.00. The van der Waals surface area contributed by atoms with Crippen LogP contribution in [0, 0.1) is 13.8 Å². The maximum Gasteiger partial charge on any atom is 0.254 e. The molecule has 0 aromatic rings. The Morgan fingerprint density at radius 1 is 1.07 bits per heavy atom. The minimum Gasteiger partial charge on any atom is -0.311 e. The van der Waals surface area contributed by atoms with Gasteiger partial charge in [0.1, 0.15) is 0 Å². The van der Waals surface area contributed by atoms with Crippen LogP contribution in [0.1, 0.15) is 11.1 Å². The standard InChI is InChI=1S/C12H13NO/c1-8-4-6-10-9(2)12(14)13(3)11(10)7-5-8/h4-7H,1-3H3. The van der Waals surface area contributed by atoms with Crippen LogP contribution < -0.4 is 5.56 Å². The van der Waals surface area contributed by atoms with Gasteiger partial charge in [-0.15, -0.1) is 0 Å². The highest BCUT2D eigenvalue weighted by Crippen LogP contribution is 2.22. The Morgan fingerprint density at radius 2 is 1.71 bits per heavy atom. The second kappa shape index (κ2) is 2.98. The number of hydrogen-bond donors (Lipinski definition) is 0. The first-order chi connectivity index (χ1) is 6.61. The number of rotatable bonds is 0. The lowest BCUT2D eigenvalue weighted by Crippen LogP contribution is -2.11. The summed E-state index contributed by atoms with van der Waals surface area (Å²) >= 11 is 0. The zero-order valence-corrected chi connectivity index (χ0v) is 8.66. The van der Waals surface area contributed by atoms with E-state index < -0.39 is 0 Å². The number of aryl methyl sites for hydroxylation is 1. The molecule has 0 aromatic carbocycles. The molecule has 0 saturated heterocycles. The predicted molar refractivity (Wildman–Crippen MR) is 57.8 cm³/mol. The normalized spacial score (nSPS) is 10.8. The van der Waals surface area contributed by atoms with E-state index in [4.69, 9.17) is 0 Å². The molecule has 14 heavy (non-hydrogen) atoms. The van der Waals surface area contributed by atoms with Crippen LogP contribution in [0.4, 0.5) is 0 Å². The summed E-state index contributed by atoms with van der Waals surface area (Å²) in [5, 5.41) is 0. The van der Waals surface area contributed by atoms with Gasteiger partial charge in [0.25, 0.3) is 5.56 Å². The fourth-order valence-electron chi connectivity index (χ4n) is 1.74. The Kier molecular flexibility index (Phi) is 1.92. The van der Waals surface area contributed by atoms with Gasteiger partial charge < -0.3 is 4.57 Å². The molecular weight excluding hydrogens is 174 g/mol. The van der Waals surface area contributed by atoms with Crippen molar-refractivity contribution in [2.45, 2.75) is 13.8 Å². The Labute approximate surface area is 83.2 Å². The number of fused-ring (bicyclic) bond motifs is 1. The van der Waals surface area contributed by atoms with E-state index in [0.29, 0.717) is 0 Å². The molecule has 0 unspecified atom stereocenters. The lowest BCUT2D eigenvalue weighted by Gasteiger charge is -1.95. The van der Waals surface area contributed by atoms with Crippen LogP contribution in [0.3, 0.4) is 0 Å². The van der Waals surface area contributed by atoms with Gasteiger partial charge in [-0.2, -0.15) is 0 Å². The van der Waals surface area contributed by atoms with Crippen LogP contribution in [0.2, 0.25) is 0 Å². The molecule has 2 nitrogen and oxygen atoms in total. The third-order valence-electron chi connectivity index (χ3n) is 2.68. The van der Waals surface area contributed by atoms with E-state index in [0.717, 1.165) is 16.8 Å². The molecule has 0 radical (unpaired) electrons. The lowest BCUT2D eigenvalue weighted by atomic mass is 10.1. The van der Waals surface area contributed by atoms with Gasteiger partial charge in [0, 0.05) is 18.2 Å². The zero-order chi connectivity index (χ0) is 10.3. The Hall–Kier alpha value is -1.57. The van der Waals surface area contributed by atoms with E-state index in [1.165, 1.54) is 5.56 Å². The van der Waals surface area contributed by atoms with Crippen LogP contribution in [-0.2, 0) is 7.05 Å². The molecule has 1 aliphatic carbocycles. The second-order valence-corrected chi connectivity index (χ2v) is 3.70. The molecule has 1 heterocycles. The van der Waals surface area contributed by atoms with Gasteiger partial charge in [-0.3, -0.25) is 4.79 Å². The molecule has 0 amide bonds. The fraction of sp³-hybridized carbons (Fsp3) is 0.250. The van der Waals surface area contributed by atoms with E-state index in [2.05, 4.69) is 0 Å². The summed E-state index contributed by atoms with van der Waals surface area (Å²) in [4.78, 5) is 11.6. The van der Waals surface area contributed by atoms with Crippen LogP contribution >= 0.6 is 0 Å². The molecule has 2 heteroatoms. The van der Waals surface area contributed by atoms with E-state index in [1.54, 1.807) is 4.57 Å². The Balaban J connectivity index is 2.91. The number of hydrogen-bond acceptors (Lipinski definition) is 1. The van der Waals surface area contributed by atoms with Crippen molar-refractivity contribution in [2.24, 2.45) is 7.05 Å². The second-order valence-electron chi connectivity index (χ2n) is 3.70. The summed E-state index contributed by atoms with van der Waals surface area (Å²) in [5.74, 6) is 0. The third kappa shape index (κ3) is 1.15. The summed E-state index contributed by atoms with van der Waals surface area (Å²) in [6, 6.07) is 8.08. The SMILES string of the molecule is Cc1ccc2c(C)c(=O)n(C)c-2cc1. The summed E-state index contributed by atoms with van der Waals surface area (Å²) in [6.45, 7) is 3.92. The molecule has 72 valence electrons. The van der Waals surface area contributed by atoms with E-state index >= 15 is 0 Å². The molecule has 1 aliphatic heterocycles. The number of aromatic nitrogens is 1. The topological polar surface area (TPSA) is 22.0 Å². The van der Waals surface area contributed by atoms with Crippen molar-refractivity contribution in [2.75, 3.05) is 0 Å². The van der Waals surface area contributed by atoms with Crippen LogP contribution in [0.5, 0.6) is 0 Å². The highest BCUT2D eigenvalue weighted by Gasteiger charge is 2.12. The lowest BCUT2D eigenvalue weighted by molar-refractivity contribution is 0.893. The van der Waals surface area contributed by atoms with E-state index in [9.17, 15) is 4.79 Å². The molecule has 0 spiro atoms. The van der Waals surface area contributed by atoms with Crippen LogP contribution in [0.25, 0.3) is 11.3 Å². The van der Waals surface area contributed by atoms with Gasteiger partial charge in [0.05, 0.1) is 5.69 Å². The van der Waals surface area contributed by atoms with Crippen molar-refractivity contribution in [3.63, 3.8) is 0 Å².